The number of alkyl halides is 3. The molecule has 2 aromatic heterocycles. The van der Waals surface area contributed by atoms with E-state index in [1.165, 1.54) is 6.20 Å². The molecule has 0 unspecified atom stereocenters. The van der Waals surface area contributed by atoms with Gasteiger partial charge in [-0.3, -0.25) is 9.78 Å². The maximum atomic E-state index is 12.2. The second-order valence-corrected chi connectivity index (χ2v) is 6.77. The van der Waals surface area contributed by atoms with Gasteiger partial charge < -0.3 is 15.3 Å². The van der Waals surface area contributed by atoms with Gasteiger partial charge in [0.15, 0.2) is 0 Å². The fourth-order valence-electron chi connectivity index (χ4n) is 2.80. The first-order valence-electron chi connectivity index (χ1n) is 9.61. The number of aliphatic carboxylic acids is 1. The van der Waals surface area contributed by atoms with Crippen LogP contribution in [0.4, 0.5) is 18.9 Å². The summed E-state index contributed by atoms with van der Waals surface area (Å²) in [6.07, 6.45) is -0.174. The summed E-state index contributed by atoms with van der Waals surface area (Å²) in [5, 5.41) is 15.2. The topological polar surface area (TPSA) is 149 Å². The number of nitrogens with one attached hydrogen (secondary N) is 1. The molecule has 35 heavy (non-hydrogen) atoms. The van der Waals surface area contributed by atoms with Gasteiger partial charge in [0.2, 0.25) is 0 Å². The highest BCUT2D eigenvalue weighted by Gasteiger charge is 2.38. The van der Waals surface area contributed by atoms with E-state index in [0.29, 0.717) is 22.3 Å². The van der Waals surface area contributed by atoms with Gasteiger partial charge in [-0.15, -0.1) is 0 Å². The fraction of sp³-hybridized carbons (Fsp3) is 0.0455. The number of aromatic nitrogens is 3. The number of hydrogen-bond acceptors (Lipinski definition) is 7. The van der Waals surface area contributed by atoms with Crippen molar-refractivity contribution in [3.8, 4) is 5.69 Å². The van der Waals surface area contributed by atoms with Crippen LogP contribution in [0.15, 0.2) is 73.2 Å². The van der Waals surface area contributed by atoms with Crippen molar-refractivity contribution in [3.05, 3.63) is 84.3 Å². The molecular formula is C22H16F3N5O5. The number of fused-ring (bicyclic) bond motifs is 1. The Morgan fingerprint density at radius 3 is 2.29 bits per heavy atom. The molecule has 180 valence electrons. The average Bonchev–Trinajstić information content (AvgIpc) is 3.29. The lowest BCUT2D eigenvalue weighted by molar-refractivity contribution is -0.192. The van der Waals surface area contributed by atoms with Gasteiger partial charge in [-0.25, -0.2) is 14.3 Å². The normalized spacial score (nSPS) is 10.7. The summed E-state index contributed by atoms with van der Waals surface area (Å²) in [6, 6.07) is 15.7. The van der Waals surface area contributed by atoms with Crippen LogP contribution in [0.25, 0.3) is 16.6 Å². The first-order valence-corrected chi connectivity index (χ1v) is 9.61. The number of pyridine rings is 1. The smallest absolute Gasteiger partial charge is 0.475 e. The van der Waals surface area contributed by atoms with Gasteiger partial charge in [-0.05, 0) is 42.5 Å². The van der Waals surface area contributed by atoms with E-state index in [1.807, 2.05) is 18.2 Å². The van der Waals surface area contributed by atoms with Crippen LogP contribution in [-0.4, -0.2) is 43.9 Å². The summed E-state index contributed by atoms with van der Waals surface area (Å²) < 4.78 is 33.4. The summed E-state index contributed by atoms with van der Waals surface area (Å²) in [4.78, 5) is 41.1. The maximum absolute atomic E-state index is 12.2. The molecule has 13 heteroatoms. The molecule has 0 aliphatic carbocycles. The zero-order valence-corrected chi connectivity index (χ0v) is 17.6. The minimum absolute atomic E-state index is 0.240. The number of amides is 1. The van der Waals surface area contributed by atoms with Gasteiger partial charge in [-0.1, -0.05) is 12.1 Å². The van der Waals surface area contributed by atoms with Crippen LogP contribution in [0.2, 0.25) is 0 Å². The molecule has 1 amide bonds. The van der Waals surface area contributed by atoms with Crippen LogP contribution in [0, 0.1) is 0 Å². The first kappa shape index (κ1) is 24.9. The van der Waals surface area contributed by atoms with E-state index in [9.17, 15) is 22.8 Å². The number of carbonyl (C=O) groups is 3. The van der Waals surface area contributed by atoms with E-state index in [2.05, 4.69) is 20.2 Å². The molecule has 2 heterocycles. The second kappa shape index (κ2) is 10.4. The van der Waals surface area contributed by atoms with Crippen LogP contribution >= 0.6 is 0 Å². The summed E-state index contributed by atoms with van der Waals surface area (Å²) >= 11 is 0. The van der Waals surface area contributed by atoms with Crippen molar-refractivity contribution < 1.29 is 37.5 Å². The molecule has 2 aromatic carbocycles. The van der Waals surface area contributed by atoms with Crippen molar-refractivity contribution in [3.63, 3.8) is 0 Å². The summed E-state index contributed by atoms with van der Waals surface area (Å²) in [7, 11) is 0. The lowest BCUT2D eigenvalue weighted by Gasteiger charge is -2.06. The van der Waals surface area contributed by atoms with E-state index >= 15 is 0 Å². The number of benzene rings is 2. The molecule has 0 atom stereocenters. The highest BCUT2D eigenvalue weighted by atomic mass is 19.4. The number of rotatable bonds is 4. The number of carboxylic acid groups (broad SMARTS) is 1. The van der Waals surface area contributed by atoms with Crippen molar-refractivity contribution in [2.45, 2.75) is 6.18 Å². The van der Waals surface area contributed by atoms with Crippen molar-refractivity contribution in [1.29, 1.82) is 0 Å². The Hall–Kier alpha value is -4.78. The highest BCUT2D eigenvalue weighted by Crippen LogP contribution is 2.21. The monoisotopic (exact) mass is 487 g/mol. The molecule has 10 nitrogen and oxygen atoms in total. The zero-order valence-electron chi connectivity index (χ0n) is 17.6. The molecule has 0 fully saturated rings. The quantitative estimate of drug-likeness (QED) is 0.371. The van der Waals surface area contributed by atoms with Gasteiger partial charge >= 0.3 is 18.1 Å². The first-order chi connectivity index (χ1) is 16.6. The molecule has 4 aromatic rings. The number of anilines is 1. The third-order valence-electron chi connectivity index (χ3n) is 4.42. The Kier molecular flexibility index (Phi) is 7.41. The lowest BCUT2D eigenvalue weighted by Crippen LogP contribution is -2.21. The van der Waals surface area contributed by atoms with E-state index in [0.717, 1.165) is 11.1 Å². The lowest BCUT2D eigenvalue weighted by atomic mass is 10.1. The van der Waals surface area contributed by atoms with Gasteiger partial charge in [0.05, 0.1) is 16.8 Å². The van der Waals surface area contributed by atoms with Gasteiger partial charge in [0.1, 0.15) is 5.52 Å². The SMILES string of the molecule is NOC(=O)c1cccc2cn(-c3ccc(NC(=O)c4cccnc4)cc3)nc12.O=C(O)C(F)(F)F. The van der Waals surface area contributed by atoms with Crippen LogP contribution in [0.5, 0.6) is 0 Å². The molecule has 4 rings (SSSR count). The maximum Gasteiger partial charge on any atom is 0.490 e. The summed E-state index contributed by atoms with van der Waals surface area (Å²) in [5.41, 5.74) is 2.67. The molecule has 0 aliphatic heterocycles. The van der Waals surface area contributed by atoms with Gasteiger partial charge in [0.25, 0.3) is 5.91 Å². The molecule has 0 aliphatic rings. The van der Waals surface area contributed by atoms with Crippen LogP contribution in [0.1, 0.15) is 20.7 Å². The predicted molar refractivity (Wildman–Crippen MR) is 117 cm³/mol. The number of nitrogens with two attached hydrogens (primary N) is 1. The third-order valence-corrected chi connectivity index (χ3v) is 4.42. The number of hydrogen-bond donors (Lipinski definition) is 3. The van der Waals surface area contributed by atoms with Crippen LogP contribution in [-0.2, 0) is 9.63 Å². The van der Waals surface area contributed by atoms with E-state index < -0.39 is 18.1 Å². The Labute approximate surface area is 194 Å². The zero-order chi connectivity index (χ0) is 25.6. The molecule has 0 spiro atoms. The predicted octanol–water partition coefficient (Wildman–Crippen LogP) is 3.34. The van der Waals surface area contributed by atoms with Crippen molar-refractivity contribution in [2.24, 2.45) is 5.90 Å². The highest BCUT2D eigenvalue weighted by molar-refractivity contribution is 6.04. The van der Waals surface area contributed by atoms with Gasteiger partial charge in [0, 0.05) is 29.7 Å². The molecular weight excluding hydrogens is 471 g/mol. The number of carbonyl (C=O) groups excluding carboxylic acids is 2. The van der Waals surface area contributed by atoms with E-state index in [1.54, 1.807) is 53.5 Å². The standard InChI is InChI=1S/C20H15N5O3.C2HF3O2/c21-28-20(27)17-5-1-3-14-12-25(24-18(14)17)16-8-6-15(7-9-16)23-19(26)13-4-2-10-22-11-13;3-2(4,5)1(6)7/h1-12H,21H2,(H,23,26);(H,6,7). The van der Waals surface area contributed by atoms with E-state index in [4.69, 9.17) is 15.8 Å². The van der Waals surface area contributed by atoms with Crippen LogP contribution < -0.4 is 11.2 Å². The van der Waals surface area contributed by atoms with Crippen molar-refractivity contribution in [1.82, 2.24) is 14.8 Å². The minimum atomic E-state index is -5.08. The largest absolute Gasteiger partial charge is 0.490 e. The average molecular weight is 487 g/mol. The summed E-state index contributed by atoms with van der Waals surface area (Å²) in [6.45, 7) is 0. The molecule has 0 saturated heterocycles. The molecule has 0 saturated carbocycles. The molecule has 0 radical (unpaired) electrons. The Morgan fingerprint density at radius 1 is 1.03 bits per heavy atom. The number of nitrogens with zero attached hydrogens (tertiary/aromatic N) is 3. The summed E-state index contributed by atoms with van der Waals surface area (Å²) in [5.74, 6) is 1.34. The van der Waals surface area contributed by atoms with Gasteiger partial charge in [-0.2, -0.15) is 24.2 Å². The number of carboxylic acids is 1. The minimum Gasteiger partial charge on any atom is -0.475 e. The number of halogens is 3. The fourth-order valence-corrected chi connectivity index (χ4v) is 2.80. The van der Waals surface area contributed by atoms with Crippen LogP contribution in [0.3, 0.4) is 0 Å². The Balaban J connectivity index is 0.000000429. The second-order valence-electron chi connectivity index (χ2n) is 6.77. The van der Waals surface area contributed by atoms with Crippen molar-refractivity contribution >= 4 is 34.4 Å². The molecule has 4 N–H and O–H groups in total. The van der Waals surface area contributed by atoms with E-state index in [-0.39, 0.29) is 5.91 Å². The molecule has 0 bridgehead atoms. The van der Waals surface area contributed by atoms with Crippen molar-refractivity contribution in [2.75, 3.05) is 5.32 Å². The third kappa shape index (κ3) is 6.17. The Bertz CT molecular complexity index is 1360. The Morgan fingerprint density at radius 2 is 1.71 bits per heavy atom.